The Hall–Kier alpha value is -2.42. The van der Waals surface area contributed by atoms with Gasteiger partial charge in [0.2, 0.25) is 5.91 Å². The molecule has 32 heavy (non-hydrogen) atoms. The maximum Gasteiger partial charge on any atom is 0.264 e. The molecule has 0 aliphatic rings. The summed E-state index contributed by atoms with van der Waals surface area (Å²) < 4.78 is 33.3. The van der Waals surface area contributed by atoms with Crippen molar-refractivity contribution in [3.8, 4) is 0 Å². The van der Waals surface area contributed by atoms with Crippen LogP contribution in [0.15, 0.2) is 70.2 Å². The van der Waals surface area contributed by atoms with E-state index in [1.54, 1.807) is 67.4 Å². The number of amides is 1. The van der Waals surface area contributed by atoms with Crippen LogP contribution in [0.2, 0.25) is 5.02 Å². The van der Waals surface area contributed by atoms with Crippen LogP contribution < -0.4 is 9.62 Å². The molecule has 0 aliphatic carbocycles. The Balaban J connectivity index is 1.73. The summed E-state index contributed by atoms with van der Waals surface area (Å²) in [6, 6.07) is 15.3. The third kappa shape index (κ3) is 6.09. The molecule has 0 saturated carbocycles. The third-order valence-electron chi connectivity index (χ3n) is 4.80. The number of nitrogens with zero attached hydrogens (tertiary/aromatic N) is 1. The van der Waals surface area contributed by atoms with Gasteiger partial charge in [0.05, 0.1) is 22.6 Å². The summed E-state index contributed by atoms with van der Waals surface area (Å²) in [6.45, 7) is 3.68. The summed E-state index contributed by atoms with van der Waals surface area (Å²) in [4.78, 5) is 12.8. The molecule has 1 N–H and O–H groups in total. The number of hydrogen-bond acceptors (Lipinski definition) is 5. The Labute approximate surface area is 198 Å². The van der Waals surface area contributed by atoms with Gasteiger partial charge in [-0.2, -0.15) is 11.8 Å². The van der Waals surface area contributed by atoms with Gasteiger partial charge in [0, 0.05) is 17.3 Å². The number of benzene rings is 2. The minimum Gasteiger partial charge on any atom is -0.468 e. The van der Waals surface area contributed by atoms with Crippen molar-refractivity contribution in [3.63, 3.8) is 0 Å². The fourth-order valence-electron chi connectivity index (χ4n) is 3.02. The number of furan rings is 1. The van der Waals surface area contributed by atoms with E-state index in [2.05, 4.69) is 5.32 Å². The standard InChI is InChI=1S/C23H25ClN2O4S2/c1-17-8-10-20(11-9-17)32(28,29)26(22-7-3-6-21(24)18(22)2)15-23(27)25-12-14-31-16-19-5-4-13-30-19/h3-11,13H,12,14-16H2,1-2H3,(H,25,27). The van der Waals surface area contributed by atoms with E-state index in [1.807, 2.05) is 19.1 Å². The number of halogens is 1. The van der Waals surface area contributed by atoms with Crippen LogP contribution in [0.1, 0.15) is 16.9 Å². The van der Waals surface area contributed by atoms with Crippen molar-refractivity contribution in [2.45, 2.75) is 24.5 Å². The summed E-state index contributed by atoms with van der Waals surface area (Å²) in [5, 5.41) is 3.23. The van der Waals surface area contributed by atoms with E-state index in [1.165, 1.54) is 0 Å². The molecule has 0 saturated heterocycles. The van der Waals surface area contributed by atoms with Gasteiger partial charge in [-0.1, -0.05) is 35.4 Å². The Kier molecular flexibility index (Phi) is 8.28. The number of rotatable bonds is 10. The molecule has 1 amide bonds. The molecule has 1 heterocycles. The molecule has 0 atom stereocenters. The van der Waals surface area contributed by atoms with Gasteiger partial charge >= 0.3 is 0 Å². The smallest absolute Gasteiger partial charge is 0.264 e. The van der Waals surface area contributed by atoms with Gasteiger partial charge in [-0.05, 0) is 55.8 Å². The van der Waals surface area contributed by atoms with Crippen LogP contribution in [0.3, 0.4) is 0 Å². The first-order valence-corrected chi connectivity index (χ1v) is 13.0. The molecular weight excluding hydrogens is 468 g/mol. The quantitative estimate of drug-likeness (QED) is 0.411. The Morgan fingerprint density at radius 2 is 1.84 bits per heavy atom. The highest BCUT2D eigenvalue weighted by Gasteiger charge is 2.28. The van der Waals surface area contributed by atoms with Crippen LogP contribution in [0, 0.1) is 13.8 Å². The molecule has 3 rings (SSSR count). The van der Waals surface area contributed by atoms with Gasteiger partial charge < -0.3 is 9.73 Å². The second-order valence-electron chi connectivity index (χ2n) is 7.19. The van der Waals surface area contributed by atoms with Crippen LogP contribution >= 0.6 is 23.4 Å². The van der Waals surface area contributed by atoms with Crippen molar-refractivity contribution in [3.05, 3.63) is 82.8 Å². The van der Waals surface area contributed by atoms with E-state index < -0.39 is 15.9 Å². The SMILES string of the molecule is Cc1ccc(S(=O)(=O)N(CC(=O)NCCSCc2ccco2)c2cccc(Cl)c2C)cc1. The zero-order chi connectivity index (χ0) is 23.1. The molecule has 9 heteroatoms. The number of carbonyl (C=O) groups is 1. The van der Waals surface area contributed by atoms with Crippen LogP contribution in [0.25, 0.3) is 0 Å². The summed E-state index contributed by atoms with van der Waals surface area (Å²) in [5.74, 6) is 1.86. The zero-order valence-electron chi connectivity index (χ0n) is 17.9. The first-order chi connectivity index (χ1) is 15.3. The molecule has 0 aliphatic heterocycles. The van der Waals surface area contributed by atoms with Gasteiger partial charge in [-0.3, -0.25) is 9.10 Å². The first-order valence-electron chi connectivity index (χ1n) is 10.0. The lowest BCUT2D eigenvalue weighted by atomic mass is 10.2. The Morgan fingerprint density at radius 1 is 1.09 bits per heavy atom. The molecule has 0 unspecified atom stereocenters. The monoisotopic (exact) mass is 492 g/mol. The van der Waals surface area contributed by atoms with Crippen LogP contribution in [-0.4, -0.2) is 33.2 Å². The topological polar surface area (TPSA) is 79.6 Å². The normalized spacial score (nSPS) is 11.3. The van der Waals surface area contributed by atoms with Gasteiger partial charge in [-0.25, -0.2) is 8.42 Å². The number of thioether (sulfide) groups is 1. The molecule has 1 aromatic heterocycles. The molecule has 2 aromatic carbocycles. The highest BCUT2D eigenvalue weighted by Crippen LogP contribution is 2.30. The Bertz CT molecular complexity index is 1150. The largest absolute Gasteiger partial charge is 0.468 e. The summed E-state index contributed by atoms with van der Waals surface area (Å²) in [6.07, 6.45) is 1.62. The van der Waals surface area contributed by atoms with E-state index >= 15 is 0 Å². The average Bonchev–Trinajstić information content (AvgIpc) is 3.28. The van der Waals surface area contributed by atoms with Gasteiger partial charge in [0.25, 0.3) is 10.0 Å². The second kappa shape index (κ2) is 10.9. The fourth-order valence-corrected chi connectivity index (χ4v) is 5.42. The van der Waals surface area contributed by atoms with Crippen LogP contribution in [-0.2, 0) is 20.6 Å². The van der Waals surface area contributed by atoms with Crippen molar-refractivity contribution < 1.29 is 17.6 Å². The first kappa shape index (κ1) is 24.2. The van der Waals surface area contributed by atoms with Crippen LogP contribution in [0.5, 0.6) is 0 Å². The van der Waals surface area contributed by atoms with Crippen LogP contribution in [0.4, 0.5) is 5.69 Å². The highest BCUT2D eigenvalue weighted by atomic mass is 35.5. The van der Waals surface area contributed by atoms with Crippen molar-refractivity contribution >= 4 is 45.0 Å². The number of anilines is 1. The van der Waals surface area contributed by atoms with E-state index in [0.29, 0.717) is 34.3 Å². The predicted octanol–water partition coefficient (Wildman–Crippen LogP) is 4.79. The van der Waals surface area contributed by atoms with Crippen molar-refractivity contribution in [1.82, 2.24) is 5.32 Å². The zero-order valence-corrected chi connectivity index (χ0v) is 20.3. The molecule has 0 bridgehead atoms. The number of hydrogen-bond donors (Lipinski definition) is 1. The summed E-state index contributed by atoms with van der Waals surface area (Å²) in [5.41, 5.74) is 1.91. The summed E-state index contributed by atoms with van der Waals surface area (Å²) in [7, 11) is -3.97. The lowest BCUT2D eigenvalue weighted by Crippen LogP contribution is -2.41. The van der Waals surface area contributed by atoms with Crippen molar-refractivity contribution in [1.29, 1.82) is 0 Å². The second-order valence-corrected chi connectivity index (χ2v) is 10.6. The Morgan fingerprint density at radius 3 is 2.53 bits per heavy atom. The van der Waals surface area contributed by atoms with E-state index in [9.17, 15) is 13.2 Å². The lowest BCUT2D eigenvalue weighted by Gasteiger charge is -2.26. The minimum atomic E-state index is -3.97. The molecule has 3 aromatic rings. The number of aryl methyl sites for hydroxylation is 1. The molecule has 6 nitrogen and oxygen atoms in total. The number of nitrogens with one attached hydrogen (secondary N) is 1. The number of sulfonamides is 1. The lowest BCUT2D eigenvalue weighted by molar-refractivity contribution is -0.119. The third-order valence-corrected chi connectivity index (χ3v) is 7.96. The van der Waals surface area contributed by atoms with Gasteiger partial charge in [0.15, 0.2) is 0 Å². The molecule has 0 spiro atoms. The van der Waals surface area contributed by atoms with Crippen molar-refractivity contribution in [2.75, 3.05) is 23.1 Å². The van der Waals surface area contributed by atoms with E-state index in [0.717, 1.165) is 15.6 Å². The summed E-state index contributed by atoms with van der Waals surface area (Å²) >= 11 is 7.86. The maximum absolute atomic E-state index is 13.4. The molecule has 0 radical (unpaired) electrons. The molecule has 170 valence electrons. The predicted molar refractivity (Wildman–Crippen MR) is 130 cm³/mol. The average molecular weight is 493 g/mol. The van der Waals surface area contributed by atoms with Gasteiger partial charge in [0.1, 0.15) is 12.3 Å². The minimum absolute atomic E-state index is 0.115. The molecular formula is C23H25ClN2O4S2. The van der Waals surface area contributed by atoms with Crippen molar-refractivity contribution in [2.24, 2.45) is 0 Å². The van der Waals surface area contributed by atoms with Gasteiger partial charge in [-0.15, -0.1) is 0 Å². The number of carbonyl (C=O) groups excluding carboxylic acids is 1. The highest BCUT2D eigenvalue weighted by molar-refractivity contribution is 7.98. The van der Waals surface area contributed by atoms with E-state index in [4.69, 9.17) is 16.0 Å². The maximum atomic E-state index is 13.4. The van der Waals surface area contributed by atoms with E-state index in [-0.39, 0.29) is 11.4 Å². The fraction of sp³-hybridized carbons (Fsp3) is 0.261. The molecule has 0 fully saturated rings.